The summed E-state index contributed by atoms with van der Waals surface area (Å²) >= 11 is 5.89. The molecule has 0 bridgehead atoms. The zero-order valence-corrected chi connectivity index (χ0v) is 14.4. The second-order valence-corrected chi connectivity index (χ2v) is 5.22. The third-order valence-corrected chi connectivity index (χ3v) is 3.87. The number of hydrogen-bond acceptors (Lipinski definition) is 7. The summed E-state index contributed by atoms with van der Waals surface area (Å²) in [5.74, 6) is -3.47. The number of rotatable bonds is 5. The fourth-order valence-electron chi connectivity index (χ4n) is 2.48. The van der Waals surface area contributed by atoms with Crippen LogP contribution in [-0.4, -0.2) is 46.4 Å². The number of benzene rings is 1. The van der Waals surface area contributed by atoms with Gasteiger partial charge in [0, 0.05) is 19.2 Å². The normalized spacial score (nSPS) is 19.3. The Labute approximate surface area is 144 Å². The molecule has 1 heterocycles. The largest absolute Gasteiger partial charge is 0.466 e. The van der Waals surface area contributed by atoms with E-state index in [0.717, 1.165) is 0 Å². The molecule has 0 fully saturated rings. The monoisotopic (exact) mass is 356 g/mol. The van der Waals surface area contributed by atoms with Gasteiger partial charge in [0.05, 0.1) is 19.8 Å². The van der Waals surface area contributed by atoms with E-state index in [1.807, 2.05) is 0 Å². The van der Waals surface area contributed by atoms with Gasteiger partial charge in [-0.25, -0.2) is 9.59 Å². The Kier molecular flexibility index (Phi) is 5.61. The van der Waals surface area contributed by atoms with Crippen molar-refractivity contribution in [3.63, 3.8) is 0 Å². The first-order chi connectivity index (χ1) is 11.4. The number of carbonyl (C=O) groups excluding carboxylic acids is 2. The summed E-state index contributed by atoms with van der Waals surface area (Å²) in [5.41, 5.74) is 0.300. The van der Waals surface area contributed by atoms with Crippen LogP contribution >= 0.6 is 11.6 Å². The second kappa shape index (κ2) is 7.31. The molecule has 8 heteroatoms. The second-order valence-electron chi connectivity index (χ2n) is 4.79. The maximum absolute atomic E-state index is 12.3. The number of halogens is 1. The van der Waals surface area contributed by atoms with Crippen molar-refractivity contribution in [1.82, 2.24) is 0 Å². The molecular formula is C16H17ClO7. The Balaban J connectivity index is 2.68. The van der Waals surface area contributed by atoms with Crippen LogP contribution in [0.4, 0.5) is 0 Å². The van der Waals surface area contributed by atoms with Gasteiger partial charge in [-0.2, -0.15) is 0 Å². The maximum atomic E-state index is 12.3. The van der Waals surface area contributed by atoms with E-state index in [1.165, 1.54) is 28.4 Å². The van der Waals surface area contributed by atoms with Gasteiger partial charge in [-0.15, -0.1) is 0 Å². The molecule has 0 saturated carbocycles. The summed E-state index contributed by atoms with van der Waals surface area (Å²) in [5, 5.41) is 0.512. The quantitative estimate of drug-likeness (QED) is 0.589. The topological polar surface area (TPSA) is 80.3 Å². The van der Waals surface area contributed by atoms with Crippen molar-refractivity contribution in [3.8, 4) is 0 Å². The molecular weight excluding hydrogens is 340 g/mol. The van der Waals surface area contributed by atoms with E-state index in [4.69, 9.17) is 35.3 Å². The number of methoxy groups -OCH3 is 4. The van der Waals surface area contributed by atoms with E-state index >= 15 is 0 Å². The summed E-state index contributed by atoms with van der Waals surface area (Å²) in [7, 11) is 4.94. The lowest BCUT2D eigenvalue weighted by molar-refractivity contribution is -0.337. The smallest absolute Gasteiger partial charge is 0.342 e. The van der Waals surface area contributed by atoms with Gasteiger partial charge in [-0.1, -0.05) is 23.7 Å². The predicted molar refractivity (Wildman–Crippen MR) is 83.1 cm³/mol. The number of hydrogen-bond donors (Lipinski definition) is 0. The molecule has 1 aromatic carbocycles. The Morgan fingerprint density at radius 3 is 2.00 bits per heavy atom. The molecule has 1 aliphatic rings. The van der Waals surface area contributed by atoms with Crippen LogP contribution in [0.2, 0.25) is 5.02 Å². The van der Waals surface area contributed by atoms with Gasteiger partial charge >= 0.3 is 17.9 Å². The Morgan fingerprint density at radius 1 is 1.00 bits per heavy atom. The lowest BCUT2D eigenvalue weighted by Crippen LogP contribution is -2.39. The van der Waals surface area contributed by atoms with Crippen LogP contribution < -0.4 is 0 Å². The molecule has 0 amide bonds. The van der Waals surface area contributed by atoms with Gasteiger partial charge in [0.25, 0.3) is 0 Å². The van der Waals surface area contributed by atoms with Crippen molar-refractivity contribution < 1.29 is 33.3 Å². The van der Waals surface area contributed by atoms with Gasteiger partial charge in [-0.3, -0.25) is 0 Å². The highest BCUT2D eigenvalue weighted by molar-refractivity contribution is 6.30. The van der Waals surface area contributed by atoms with E-state index in [9.17, 15) is 9.59 Å². The van der Waals surface area contributed by atoms with E-state index in [1.54, 1.807) is 24.3 Å². The fourth-order valence-corrected chi connectivity index (χ4v) is 2.61. The molecule has 7 nitrogen and oxygen atoms in total. The lowest BCUT2D eigenvalue weighted by atomic mass is 9.98. The first-order valence-corrected chi connectivity index (χ1v) is 7.26. The molecule has 1 aliphatic heterocycles. The van der Waals surface area contributed by atoms with E-state index in [0.29, 0.717) is 10.6 Å². The fraction of sp³-hybridized carbons (Fsp3) is 0.375. The van der Waals surface area contributed by atoms with Crippen LogP contribution in [0.1, 0.15) is 11.7 Å². The number of ether oxygens (including phenoxy) is 5. The van der Waals surface area contributed by atoms with Crippen LogP contribution in [0.5, 0.6) is 0 Å². The van der Waals surface area contributed by atoms with Crippen molar-refractivity contribution in [2.24, 2.45) is 0 Å². The summed E-state index contributed by atoms with van der Waals surface area (Å²) < 4.78 is 25.8. The lowest BCUT2D eigenvalue weighted by Gasteiger charge is -2.27. The molecule has 0 N–H and O–H groups in total. The van der Waals surface area contributed by atoms with Crippen molar-refractivity contribution in [1.29, 1.82) is 0 Å². The third kappa shape index (κ3) is 3.03. The predicted octanol–water partition coefficient (Wildman–Crippen LogP) is 2.00. The first kappa shape index (κ1) is 18.4. The molecule has 24 heavy (non-hydrogen) atoms. The molecule has 0 radical (unpaired) electrons. The first-order valence-electron chi connectivity index (χ1n) is 6.89. The SMILES string of the molecule is COC(=O)C1=C(C(=O)OC)C(OC)(OC)OC1c1ccc(Cl)cc1. The van der Waals surface area contributed by atoms with E-state index in [-0.39, 0.29) is 11.1 Å². The molecule has 0 aromatic heterocycles. The van der Waals surface area contributed by atoms with Crippen LogP contribution in [0.15, 0.2) is 35.4 Å². The summed E-state index contributed by atoms with van der Waals surface area (Å²) in [6.07, 6.45) is -0.955. The number of carbonyl (C=O) groups is 2. The minimum atomic E-state index is -1.89. The van der Waals surface area contributed by atoms with Gasteiger partial charge in [0.2, 0.25) is 0 Å². The van der Waals surface area contributed by atoms with Gasteiger partial charge < -0.3 is 23.7 Å². The highest BCUT2D eigenvalue weighted by Gasteiger charge is 2.55. The van der Waals surface area contributed by atoms with Gasteiger partial charge in [0.15, 0.2) is 0 Å². The van der Waals surface area contributed by atoms with Crippen molar-refractivity contribution in [2.45, 2.75) is 12.1 Å². The number of esters is 2. The molecule has 0 spiro atoms. The Morgan fingerprint density at radius 2 is 1.54 bits per heavy atom. The van der Waals surface area contributed by atoms with Crippen LogP contribution in [0.3, 0.4) is 0 Å². The summed E-state index contributed by atoms with van der Waals surface area (Å²) in [6.45, 7) is 0. The minimum Gasteiger partial charge on any atom is -0.466 e. The molecule has 0 aliphatic carbocycles. The van der Waals surface area contributed by atoms with Crippen molar-refractivity contribution in [2.75, 3.05) is 28.4 Å². The van der Waals surface area contributed by atoms with Crippen molar-refractivity contribution >= 4 is 23.5 Å². The molecule has 1 unspecified atom stereocenters. The highest BCUT2D eigenvalue weighted by Crippen LogP contribution is 2.46. The maximum Gasteiger partial charge on any atom is 0.342 e. The minimum absolute atomic E-state index is 0.0598. The zero-order chi connectivity index (χ0) is 17.9. The average Bonchev–Trinajstić information content (AvgIpc) is 2.96. The molecule has 2 rings (SSSR count). The molecule has 130 valence electrons. The van der Waals surface area contributed by atoms with E-state index in [2.05, 4.69) is 0 Å². The summed E-state index contributed by atoms with van der Waals surface area (Å²) in [6, 6.07) is 6.58. The molecule has 0 saturated heterocycles. The Bertz CT molecular complexity index is 662. The Hall–Kier alpha value is -1.93. The highest BCUT2D eigenvalue weighted by atomic mass is 35.5. The average molecular weight is 357 g/mol. The zero-order valence-electron chi connectivity index (χ0n) is 13.6. The van der Waals surface area contributed by atoms with Crippen molar-refractivity contribution in [3.05, 3.63) is 46.0 Å². The van der Waals surface area contributed by atoms with Crippen LogP contribution in [0.25, 0.3) is 0 Å². The summed E-state index contributed by atoms with van der Waals surface area (Å²) in [4.78, 5) is 24.6. The van der Waals surface area contributed by atoms with Gasteiger partial charge in [0.1, 0.15) is 11.7 Å². The molecule has 1 aromatic rings. The van der Waals surface area contributed by atoms with E-state index < -0.39 is 24.0 Å². The molecule has 1 atom stereocenters. The standard InChI is InChI=1S/C16H17ClO7/c1-20-14(18)11-12(15(19)21-2)16(22-3,23-4)24-13(11)9-5-7-10(17)8-6-9/h5-8,13H,1-4H3. The van der Waals surface area contributed by atoms with Crippen LogP contribution in [-0.2, 0) is 33.3 Å². The van der Waals surface area contributed by atoms with Gasteiger partial charge in [-0.05, 0) is 17.7 Å². The third-order valence-electron chi connectivity index (χ3n) is 3.62. The van der Waals surface area contributed by atoms with Crippen LogP contribution in [0, 0.1) is 0 Å².